The molecule has 1 saturated carbocycles. The van der Waals surface area contributed by atoms with Crippen molar-refractivity contribution in [3.05, 3.63) is 35.5 Å². The first kappa shape index (κ1) is 13.6. The summed E-state index contributed by atoms with van der Waals surface area (Å²) in [6, 6.07) is 7.88. The van der Waals surface area contributed by atoms with Gasteiger partial charge >= 0.3 is 0 Å². The van der Waals surface area contributed by atoms with E-state index >= 15 is 0 Å². The summed E-state index contributed by atoms with van der Waals surface area (Å²) in [5.74, 6) is 0.756. The van der Waals surface area contributed by atoms with E-state index in [2.05, 4.69) is 10.3 Å². The van der Waals surface area contributed by atoms with Crippen LogP contribution in [0.2, 0.25) is 5.02 Å². The second kappa shape index (κ2) is 5.56. The largest absolute Gasteiger partial charge is 0.485 e. The number of hydrogen-bond acceptors (Lipinski definition) is 4. The van der Waals surface area contributed by atoms with Crippen LogP contribution in [-0.2, 0) is 4.74 Å². The summed E-state index contributed by atoms with van der Waals surface area (Å²) in [6.07, 6.45) is 2.78. The lowest BCUT2D eigenvalue weighted by atomic mass is 9.85. The van der Waals surface area contributed by atoms with E-state index in [0.29, 0.717) is 11.1 Å². The first-order chi connectivity index (χ1) is 9.74. The summed E-state index contributed by atoms with van der Waals surface area (Å²) in [4.78, 5) is 4.38. The topological polar surface area (TPSA) is 43.4 Å². The number of hydrogen-bond donors (Lipinski definition) is 1. The highest BCUT2D eigenvalue weighted by atomic mass is 35.5. The van der Waals surface area contributed by atoms with Crippen molar-refractivity contribution in [3.8, 4) is 5.75 Å². The third-order valence-corrected chi connectivity index (χ3v) is 4.18. The molecule has 20 heavy (non-hydrogen) atoms. The van der Waals surface area contributed by atoms with Gasteiger partial charge in [0.1, 0.15) is 23.5 Å². The first-order valence-electron chi connectivity index (χ1n) is 6.64. The molecule has 1 fully saturated rings. The second-order valence-electron chi connectivity index (χ2n) is 4.93. The quantitative estimate of drug-likeness (QED) is 0.941. The fraction of sp³-hybridized carbons (Fsp3) is 0.400. The molecule has 1 aromatic carbocycles. The number of nitrogens with one attached hydrogen (secondary N) is 1. The summed E-state index contributed by atoms with van der Waals surface area (Å²) < 4.78 is 11.5. The van der Waals surface area contributed by atoms with E-state index in [4.69, 9.17) is 21.1 Å². The Morgan fingerprint density at radius 2 is 2.20 bits per heavy atom. The van der Waals surface area contributed by atoms with Crippen molar-refractivity contribution in [1.82, 2.24) is 10.3 Å². The summed E-state index contributed by atoms with van der Waals surface area (Å²) in [5.41, 5.74) is 0.794. The predicted octanol–water partition coefficient (Wildman–Crippen LogP) is 2.64. The van der Waals surface area contributed by atoms with Gasteiger partial charge in [0, 0.05) is 31.2 Å². The van der Waals surface area contributed by atoms with Gasteiger partial charge in [-0.1, -0.05) is 11.6 Å². The maximum absolute atomic E-state index is 6.18. The molecule has 4 nitrogen and oxygen atoms in total. The molecule has 3 unspecified atom stereocenters. The molecule has 3 rings (SSSR count). The molecular formula is C15H17ClN2O2. The Labute approximate surface area is 123 Å². The Morgan fingerprint density at radius 1 is 1.35 bits per heavy atom. The molecule has 0 spiro atoms. The molecule has 1 N–H and O–H groups in total. The van der Waals surface area contributed by atoms with Gasteiger partial charge in [-0.25, -0.2) is 0 Å². The molecule has 5 heteroatoms. The van der Waals surface area contributed by atoms with Gasteiger partial charge in [0.2, 0.25) is 0 Å². The number of nitrogens with zero attached hydrogens (tertiary/aromatic N) is 1. The third kappa shape index (κ3) is 2.24. The average Bonchev–Trinajstić information content (AvgIpc) is 2.46. The molecule has 1 heterocycles. The predicted molar refractivity (Wildman–Crippen MR) is 79.4 cm³/mol. The van der Waals surface area contributed by atoms with E-state index < -0.39 is 0 Å². The fourth-order valence-electron chi connectivity index (χ4n) is 2.67. The minimum Gasteiger partial charge on any atom is -0.485 e. The number of rotatable bonds is 4. The van der Waals surface area contributed by atoms with Crippen LogP contribution in [0.4, 0.5) is 0 Å². The first-order valence-corrected chi connectivity index (χ1v) is 7.02. The van der Waals surface area contributed by atoms with Crippen molar-refractivity contribution in [1.29, 1.82) is 0 Å². The molecule has 106 valence electrons. The smallest absolute Gasteiger partial charge is 0.146 e. The minimum absolute atomic E-state index is 0.0452. The number of ether oxygens (including phenoxy) is 2. The SMILES string of the molecule is CNC1CC(Oc2ccc(Cl)c3cccnc23)C1OC. The molecule has 1 aromatic heterocycles. The summed E-state index contributed by atoms with van der Waals surface area (Å²) in [5, 5.41) is 4.82. The normalized spacial score (nSPS) is 25.4. The van der Waals surface area contributed by atoms with Gasteiger partial charge in [0.15, 0.2) is 0 Å². The summed E-state index contributed by atoms with van der Waals surface area (Å²) >= 11 is 6.18. The van der Waals surface area contributed by atoms with Gasteiger partial charge in [-0.05, 0) is 31.3 Å². The highest BCUT2D eigenvalue weighted by Crippen LogP contribution is 2.34. The number of aromatic nitrogens is 1. The maximum Gasteiger partial charge on any atom is 0.146 e. The monoisotopic (exact) mass is 292 g/mol. The standard InChI is InChI=1S/C15H17ClN2O2/c1-17-11-8-13(15(11)19-2)20-12-6-5-10(16)9-4-3-7-18-14(9)12/h3-7,11,13,15,17H,8H2,1-2H3. The van der Waals surface area contributed by atoms with Gasteiger partial charge in [-0.2, -0.15) is 0 Å². The van der Waals surface area contributed by atoms with Crippen LogP contribution in [-0.4, -0.2) is 37.4 Å². The summed E-state index contributed by atoms with van der Waals surface area (Å²) in [7, 11) is 3.65. The Bertz CT molecular complexity index is 620. The van der Waals surface area contributed by atoms with Gasteiger partial charge < -0.3 is 14.8 Å². The second-order valence-corrected chi connectivity index (χ2v) is 5.34. The number of pyridine rings is 1. The summed E-state index contributed by atoms with van der Waals surface area (Å²) in [6.45, 7) is 0. The van der Waals surface area contributed by atoms with Gasteiger partial charge in [0.05, 0.1) is 5.02 Å². The Hall–Kier alpha value is -1.36. The van der Waals surface area contributed by atoms with E-state index in [9.17, 15) is 0 Å². The molecule has 0 aliphatic heterocycles. The van der Waals surface area contributed by atoms with E-state index in [-0.39, 0.29) is 12.2 Å². The van der Waals surface area contributed by atoms with Crippen molar-refractivity contribution < 1.29 is 9.47 Å². The van der Waals surface area contributed by atoms with Crippen molar-refractivity contribution >= 4 is 22.5 Å². The Balaban J connectivity index is 1.87. The molecule has 1 aliphatic rings. The lowest BCUT2D eigenvalue weighted by Crippen LogP contribution is -2.60. The van der Waals surface area contributed by atoms with Crippen LogP contribution in [0.5, 0.6) is 5.75 Å². The van der Waals surface area contributed by atoms with Gasteiger partial charge in [-0.3, -0.25) is 4.98 Å². The van der Waals surface area contributed by atoms with Crippen LogP contribution >= 0.6 is 11.6 Å². The third-order valence-electron chi connectivity index (χ3n) is 3.85. The van der Waals surface area contributed by atoms with Crippen LogP contribution in [0, 0.1) is 0 Å². The molecule has 3 atom stereocenters. The highest BCUT2D eigenvalue weighted by Gasteiger charge is 2.42. The molecule has 2 aromatic rings. The average molecular weight is 293 g/mol. The van der Waals surface area contributed by atoms with E-state index in [1.165, 1.54) is 0 Å². The van der Waals surface area contributed by atoms with Crippen LogP contribution in [0.1, 0.15) is 6.42 Å². The zero-order chi connectivity index (χ0) is 14.1. The van der Waals surface area contributed by atoms with Crippen LogP contribution in [0.15, 0.2) is 30.5 Å². The number of methoxy groups -OCH3 is 1. The van der Waals surface area contributed by atoms with Crippen LogP contribution in [0.3, 0.4) is 0 Å². The molecule has 1 aliphatic carbocycles. The van der Waals surface area contributed by atoms with Gasteiger partial charge in [0.25, 0.3) is 0 Å². The van der Waals surface area contributed by atoms with Crippen LogP contribution in [0.25, 0.3) is 10.9 Å². The zero-order valence-corrected chi connectivity index (χ0v) is 12.2. The van der Waals surface area contributed by atoms with Crippen LogP contribution < -0.4 is 10.1 Å². The lowest BCUT2D eigenvalue weighted by Gasteiger charge is -2.43. The number of likely N-dealkylation sites (N-methyl/N-ethyl adjacent to an activating group) is 1. The molecule has 0 amide bonds. The Morgan fingerprint density at radius 3 is 2.95 bits per heavy atom. The fourth-order valence-corrected chi connectivity index (χ4v) is 2.88. The van der Waals surface area contributed by atoms with Gasteiger partial charge in [-0.15, -0.1) is 0 Å². The highest BCUT2D eigenvalue weighted by molar-refractivity contribution is 6.35. The maximum atomic E-state index is 6.18. The molecule has 0 saturated heterocycles. The van der Waals surface area contributed by atoms with E-state index in [1.807, 2.05) is 31.3 Å². The number of fused-ring (bicyclic) bond motifs is 1. The number of benzene rings is 1. The lowest BCUT2D eigenvalue weighted by molar-refractivity contribution is -0.0865. The zero-order valence-electron chi connectivity index (χ0n) is 11.5. The number of halogens is 1. The van der Waals surface area contributed by atoms with Crippen molar-refractivity contribution in [3.63, 3.8) is 0 Å². The van der Waals surface area contributed by atoms with E-state index in [1.54, 1.807) is 13.3 Å². The van der Waals surface area contributed by atoms with Crippen molar-refractivity contribution in [2.75, 3.05) is 14.2 Å². The van der Waals surface area contributed by atoms with E-state index in [0.717, 1.165) is 23.1 Å². The van der Waals surface area contributed by atoms with Crippen molar-refractivity contribution in [2.24, 2.45) is 0 Å². The Kier molecular flexibility index (Phi) is 3.78. The molecular weight excluding hydrogens is 276 g/mol. The molecule has 0 bridgehead atoms. The minimum atomic E-state index is 0.0452. The molecule has 0 radical (unpaired) electrons. The van der Waals surface area contributed by atoms with Crippen molar-refractivity contribution in [2.45, 2.75) is 24.7 Å².